The number of benzene rings is 3. The van der Waals surface area contributed by atoms with Crippen LogP contribution in [0, 0.1) is 6.42 Å². The second kappa shape index (κ2) is 10.6. The summed E-state index contributed by atoms with van der Waals surface area (Å²) in [6.07, 6.45) is 0.318. The van der Waals surface area contributed by atoms with Gasteiger partial charge >= 0.3 is 12.2 Å². The predicted molar refractivity (Wildman–Crippen MR) is 112 cm³/mol. The SMILES string of the molecule is O=C[CH]c1ccc(N(C(=O)OCc2ccccc2)C(=O)OCc2ccccc2)cc1. The average Bonchev–Trinajstić information content (AvgIpc) is 2.79. The van der Waals surface area contributed by atoms with Crippen LogP contribution in [0.4, 0.5) is 15.3 Å². The number of carbonyl (C=O) groups is 3. The molecule has 0 aliphatic carbocycles. The van der Waals surface area contributed by atoms with Crippen molar-refractivity contribution in [3.63, 3.8) is 0 Å². The molecule has 0 saturated heterocycles. The molecule has 0 aliphatic heterocycles. The Hall–Kier alpha value is -3.93. The van der Waals surface area contributed by atoms with Gasteiger partial charge in [0.1, 0.15) is 19.5 Å². The van der Waals surface area contributed by atoms with E-state index in [1.54, 1.807) is 24.3 Å². The monoisotopic (exact) mass is 402 g/mol. The first kappa shape index (κ1) is 20.8. The number of imide groups is 1. The first-order valence-electron chi connectivity index (χ1n) is 9.27. The molecule has 6 nitrogen and oxygen atoms in total. The van der Waals surface area contributed by atoms with Gasteiger partial charge in [-0.15, -0.1) is 0 Å². The molecule has 2 amide bonds. The van der Waals surface area contributed by atoms with Crippen molar-refractivity contribution in [2.45, 2.75) is 13.2 Å². The third-order valence-electron chi connectivity index (χ3n) is 4.19. The fourth-order valence-corrected chi connectivity index (χ4v) is 2.67. The van der Waals surface area contributed by atoms with Crippen LogP contribution >= 0.6 is 0 Å². The first-order chi connectivity index (χ1) is 14.7. The van der Waals surface area contributed by atoms with E-state index in [0.717, 1.165) is 16.0 Å². The molecule has 1 radical (unpaired) electrons. The maximum Gasteiger partial charge on any atom is 0.424 e. The Kier molecular flexibility index (Phi) is 7.33. The highest BCUT2D eigenvalue weighted by atomic mass is 16.6. The van der Waals surface area contributed by atoms with Crippen molar-refractivity contribution in [3.8, 4) is 0 Å². The van der Waals surface area contributed by atoms with Crippen LogP contribution in [0.5, 0.6) is 0 Å². The van der Waals surface area contributed by atoms with E-state index in [4.69, 9.17) is 9.47 Å². The molecule has 0 aliphatic rings. The van der Waals surface area contributed by atoms with Gasteiger partial charge in [-0.3, -0.25) is 0 Å². The topological polar surface area (TPSA) is 72.9 Å². The third kappa shape index (κ3) is 5.78. The largest absolute Gasteiger partial charge is 0.444 e. The number of hydrogen-bond donors (Lipinski definition) is 0. The molecule has 151 valence electrons. The minimum absolute atomic E-state index is 0.0130. The Labute approximate surface area is 174 Å². The lowest BCUT2D eigenvalue weighted by Gasteiger charge is -2.20. The molecule has 0 heterocycles. The van der Waals surface area contributed by atoms with Crippen molar-refractivity contribution in [1.82, 2.24) is 0 Å². The Morgan fingerprint density at radius 1 is 0.700 bits per heavy atom. The molecule has 0 spiro atoms. The summed E-state index contributed by atoms with van der Waals surface area (Å²) >= 11 is 0. The van der Waals surface area contributed by atoms with Crippen molar-refractivity contribution in [3.05, 3.63) is 108 Å². The highest BCUT2D eigenvalue weighted by Gasteiger charge is 2.27. The van der Waals surface area contributed by atoms with E-state index >= 15 is 0 Å². The standard InChI is InChI=1S/C24H20NO5/c26-16-15-19-11-13-22(14-12-19)25(23(27)29-17-20-7-3-1-4-8-20)24(28)30-18-21-9-5-2-6-10-21/h1-16H,17-18H2. The van der Waals surface area contributed by atoms with E-state index in [1.807, 2.05) is 60.7 Å². The molecule has 0 atom stereocenters. The fourth-order valence-electron chi connectivity index (χ4n) is 2.67. The lowest BCUT2D eigenvalue weighted by molar-refractivity contribution is -0.104. The van der Waals surface area contributed by atoms with Gasteiger partial charge in [-0.25, -0.2) is 9.59 Å². The van der Waals surface area contributed by atoms with Crippen molar-refractivity contribution in [1.29, 1.82) is 0 Å². The summed E-state index contributed by atoms with van der Waals surface area (Å²) in [5, 5.41) is 0. The summed E-state index contributed by atoms with van der Waals surface area (Å²) in [7, 11) is 0. The lowest BCUT2D eigenvalue weighted by atomic mass is 10.1. The number of amides is 2. The average molecular weight is 402 g/mol. The van der Waals surface area contributed by atoms with Crippen LogP contribution in [0.3, 0.4) is 0 Å². The summed E-state index contributed by atoms with van der Waals surface area (Å²) in [4.78, 5) is 36.9. The van der Waals surface area contributed by atoms with Gasteiger partial charge < -0.3 is 14.3 Å². The number of ether oxygens (including phenoxy) is 2. The molecule has 0 fully saturated rings. The second-order valence-electron chi connectivity index (χ2n) is 6.31. The summed E-state index contributed by atoms with van der Waals surface area (Å²) in [5.74, 6) is 0. The zero-order valence-corrected chi connectivity index (χ0v) is 16.1. The normalized spacial score (nSPS) is 10.1. The second-order valence-corrected chi connectivity index (χ2v) is 6.31. The Bertz CT molecular complexity index is 916. The van der Waals surface area contributed by atoms with E-state index in [-0.39, 0.29) is 18.9 Å². The van der Waals surface area contributed by atoms with Crippen LogP contribution in [-0.2, 0) is 27.5 Å². The molecule has 0 aromatic heterocycles. The number of rotatable bonds is 7. The highest BCUT2D eigenvalue weighted by molar-refractivity contribution is 6.09. The quantitative estimate of drug-likeness (QED) is 0.525. The molecular weight excluding hydrogens is 382 g/mol. The minimum Gasteiger partial charge on any atom is -0.444 e. The van der Waals surface area contributed by atoms with Crippen molar-refractivity contribution in [2.24, 2.45) is 0 Å². The molecule has 0 N–H and O–H groups in total. The number of carbonyl (C=O) groups excluding carboxylic acids is 3. The third-order valence-corrected chi connectivity index (χ3v) is 4.19. The number of hydrogen-bond acceptors (Lipinski definition) is 5. The summed E-state index contributed by atoms with van der Waals surface area (Å²) in [6.45, 7) is 0.0261. The van der Waals surface area contributed by atoms with E-state index < -0.39 is 12.2 Å². The Morgan fingerprint density at radius 3 is 1.60 bits per heavy atom. The van der Waals surface area contributed by atoms with Crippen LogP contribution in [0.2, 0.25) is 0 Å². The molecular formula is C24H20NO5. The summed E-state index contributed by atoms with van der Waals surface area (Å²) in [6, 6.07) is 24.6. The van der Waals surface area contributed by atoms with Gasteiger partial charge in [0.25, 0.3) is 0 Å². The Balaban J connectivity index is 1.75. The summed E-state index contributed by atoms with van der Waals surface area (Å²) in [5.41, 5.74) is 2.50. The zero-order chi connectivity index (χ0) is 21.2. The molecule has 6 heteroatoms. The molecule has 30 heavy (non-hydrogen) atoms. The van der Waals surface area contributed by atoms with Crippen LogP contribution in [0.15, 0.2) is 84.9 Å². The van der Waals surface area contributed by atoms with E-state index in [1.165, 1.54) is 6.42 Å². The van der Waals surface area contributed by atoms with Crippen molar-refractivity contribution >= 4 is 24.2 Å². The van der Waals surface area contributed by atoms with Gasteiger partial charge in [-0.2, -0.15) is 4.90 Å². The number of anilines is 1. The van der Waals surface area contributed by atoms with Gasteiger partial charge in [-0.1, -0.05) is 72.8 Å². The lowest BCUT2D eigenvalue weighted by Crippen LogP contribution is -2.37. The maximum atomic E-state index is 12.7. The molecule has 3 rings (SSSR count). The molecule has 3 aromatic rings. The van der Waals surface area contributed by atoms with Crippen LogP contribution in [0.1, 0.15) is 16.7 Å². The van der Waals surface area contributed by atoms with E-state index in [2.05, 4.69) is 0 Å². The smallest absolute Gasteiger partial charge is 0.424 e. The Morgan fingerprint density at radius 2 is 1.17 bits per heavy atom. The molecule has 0 unspecified atom stereocenters. The maximum absolute atomic E-state index is 12.7. The van der Waals surface area contributed by atoms with Crippen molar-refractivity contribution in [2.75, 3.05) is 4.90 Å². The predicted octanol–water partition coefficient (Wildman–Crippen LogP) is 4.92. The fraction of sp³-hybridized carbons (Fsp3) is 0.0833. The van der Waals surface area contributed by atoms with Crippen molar-refractivity contribution < 1.29 is 23.9 Å². The van der Waals surface area contributed by atoms with Gasteiger partial charge in [0.2, 0.25) is 0 Å². The van der Waals surface area contributed by atoms with Gasteiger partial charge in [0.05, 0.1) is 12.1 Å². The molecule has 0 saturated carbocycles. The number of nitrogens with zero attached hydrogens (tertiary/aromatic N) is 1. The van der Waals surface area contributed by atoms with Gasteiger partial charge in [0, 0.05) is 0 Å². The van der Waals surface area contributed by atoms with E-state index in [9.17, 15) is 14.4 Å². The van der Waals surface area contributed by atoms with Crippen LogP contribution in [0.25, 0.3) is 0 Å². The zero-order valence-electron chi connectivity index (χ0n) is 16.1. The molecule has 3 aromatic carbocycles. The number of aldehydes is 1. The highest BCUT2D eigenvalue weighted by Crippen LogP contribution is 2.19. The van der Waals surface area contributed by atoms with Crippen LogP contribution < -0.4 is 4.90 Å². The minimum atomic E-state index is -0.857. The van der Waals surface area contributed by atoms with Gasteiger partial charge in [-0.05, 0) is 28.8 Å². The van der Waals surface area contributed by atoms with E-state index in [0.29, 0.717) is 11.8 Å². The van der Waals surface area contributed by atoms with Gasteiger partial charge in [0.15, 0.2) is 0 Å². The molecule has 0 bridgehead atoms. The summed E-state index contributed by atoms with van der Waals surface area (Å²) < 4.78 is 10.6. The van der Waals surface area contributed by atoms with Crippen LogP contribution in [-0.4, -0.2) is 18.5 Å². The first-order valence-corrected chi connectivity index (χ1v) is 9.27.